The average molecular weight is 389 g/mol. The Labute approximate surface area is 154 Å². The van der Waals surface area contributed by atoms with E-state index in [1.165, 1.54) is 31.9 Å². The maximum Gasteiger partial charge on any atom is 0.312 e. The fourth-order valence-electron chi connectivity index (χ4n) is 2.43. The summed E-state index contributed by atoms with van der Waals surface area (Å²) in [6.45, 7) is 0.307. The van der Waals surface area contributed by atoms with Crippen LogP contribution in [0.25, 0.3) is 0 Å². The van der Waals surface area contributed by atoms with Gasteiger partial charge in [0.2, 0.25) is 0 Å². The second-order valence-electron chi connectivity index (χ2n) is 5.45. The van der Waals surface area contributed by atoms with Crippen molar-refractivity contribution in [3.8, 4) is 5.75 Å². The third-order valence-corrected chi connectivity index (χ3v) is 5.08. The van der Waals surface area contributed by atoms with E-state index in [4.69, 9.17) is 4.74 Å². The first-order valence-electron chi connectivity index (χ1n) is 7.66. The van der Waals surface area contributed by atoms with E-state index in [2.05, 4.69) is 14.8 Å². The smallest absolute Gasteiger partial charge is 0.312 e. The molecule has 3 aromatic rings. The van der Waals surface area contributed by atoms with Gasteiger partial charge < -0.3 is 4.74 Å². The van der Waals surface area contributed by atoms with Crippen LogP contribution in [0.15, 0.2) is 60.0 Å². The minimum Gasteiger partial charge on any atom is -0.490 e. The predicted molar refractivity (Wildman–Crippen MR) is 96.0 cm³/mol. The van der Waals surface area contributed by atoms with Gasteiger partial charge in [-0.2, -0.15) is 5.10 Å². The van der Waals surface area contributed by atoms with Crippen LogP contribution in [0.3, 0.4) is 0 Å². The molecule has 0 fully saturated rings. The van der Waals surface area contributed by atoms with E-state index in [9.17, 15) is 18.5 Å². The Hall–Kier alpha value is -3.47. The minimum absolute atomic E-state index is 0.0227. The highest BCUT2D eigenvalue weighted by atomic mass is 32.2. The maximum atomic E-state index is 12.7. The molecule has 0 aliphatic carbocycles. The molecular formula is C16H15N5O5S. The molecule has 1 heterocycles. The number of nitrogens with zero attached hydrogens (tertiary/aromatic N) is 4. The first-order chi connectivity index (χ1) is 12.9. The summed E-state index contributed by atoms with van der Waals surface area (Å²) in [5.41, 5.74) is 0.567. The van der Waals surface area contributed by atoms with E-state index in [0.717, 1.165) is 6.07 Å². The quantitative estimate of drug-likeness (QED) is 0.483. The monoisotopic (exact) mass is 389 g/mol. The van der Waals surface area contributed by atoms with Gasteiger partial charge in [-0.25, -0.2) is 18.1 Å². The molecule has 0 unspecified atom stereocenters. The lowest BCUT2D eigenvalue weighted by Gasteiger charge is -2.13. The van der Waals surface area contributed by atoms with Gasteiger partial charge in [-0.05, 0) is 23.8 Å². The maximum absolute atomic E-state index is 12.7. The number of nitro benzene ring substituents is 1. The highest BCUT2D eigenvalue weighted by Gasteiger charge is 2.22. The van der Waals surface area contributed by atoms with Crippen molar-refractivity contribution in [2.75, 3.05) is 11.8 Å². The van der Waals surface area contributed by atoms with Crippen LogP contribution in [-0.2, 0) is 16.6 Å². The summed E-state index contributed by atoms with van der Waals surface area (Å²) in [6.07, 6.45) is 2.89. The summed E-state index contributed by atoms with van der Waals surface area (Å²) in [4.78, 5) is 14.1. The van der Waals surface area contributed by atoms with Crippen LogP contribution in [-0.4, -0.2) is 35.2 Å². The third-order valence-electron chi connectivity index (χ3n) is 3.72. The van der Waals surface area contributed by atoms with Gasteiger partial charge in [0, 0.05) is 6.07 Å². The molecule has 0 spiro atoms. The third kappa shape index (κ3) is 4.03. The number of benzene rings is 2. The molecule has 3 rings (SSSR count). The Morgan fingerprint density at radius 1 is 1.26 bits per heavy atom. The molecule has 1 N–H and O–H groups in total. The van der Waals surface area contributed by atoms with Crippen molar-refractivity contribution in [1.29, 1.82) is 0 Å². The molecule has 140 valence electrons. The SMILES string of the molecule is COc1ccc(S(=O)(=O)Nc2ccccc2Cn2cncn2)cc1[N+](=O)[O-]. The summed E-state index contributed by atoms with van der Waals surface area (Å²) in [6, 6.07) is 10.2. The van der Waals surface area contributed by atoms with Gasteiger partial charge in [0.1, 0.15) is 12.7 Å². The Morgan fingerprint density at radius 3 is 2.70 bits per heavy atom. The van der Waals surface area contributed by atoms with Crippen molar-refractivity contribution < 1.29 is 18.1 Å². The van der Waals surface area contributed by atoms with E-state index < -0.39 is 20.6 Å². The van der Waals surface area contributed by atoms with Crippen LogP contribution in [0.2, 0.25) is 0 Å². The molecule has 1 aromatic heterocycles. The Kier molecular flexibility index (Phi) is 5.03. The first kappa shape index (κ1) is 18.3. The Bertz CT molecular complexity index is 1070. The molecule has 11 heteroatoms. The van der Waals surface area contributed by atoms with Crippen LogP contribution < -0.4 is 9.46 Å². The van der Waals surface area contributed by atoms with Crippen molar-refractivity contribution >= 4 is 21.4 Å². The van der Waals surface area contributed by atoms with E-state index in [0.29, 0.717) is 17.8 Å². The molecule has 0 saturated carbocycles. The van der Waals surface area contributed by atoms with Gasteiger partial charge in [0.15, 0.2) is 5.75 Å². The number of para-hydroxylation sites is 1. The summed E-state index contributed by atoms with van der Waals surface area (Å²) in [7, 11) is -2.78. The summed E-state index contributed by atoms with van der Waals surface area (Å²) < 4.78 is 34.4. The van der Waals surface area contributed by atoms with Gasteiger partial charge in [-0.15, -0.1) is 0 Å². The van der Waals surface area contributed by atoms with Crippen molar-refractivity contribution in [3.63, 3.8) is 0 Å². The number of sulfonamides is 1. The molecule has 0 bridgehead atoms. The molecule has 0 aliphatic rings. The molecule has 0 amide bonds. The number of hydrogen-bond acceptors (Lipinski definition) is 7. The first-order valence-corrected chi connectivity index (χ1v) is 9.14. The zero-order valence-electron chi connectivity index (χ0n) is 14.1. The highest BCUT2D eigenvalue weighted by Crippen LogP contribution is 2.30. The molecule has 0 atom stereocenters. The lowest BCUT2D eigenvalue weighted by atomic mass is 10.2. The zero-order chi connectivity index (χ0) is 19.4. The molecule has 27 heavy (non-hydrogen) atoms. The lowest BCUT2D eigenvalue weighted by molar-refractivity contribution is -0.386. The van der Waals surface area contributed by atoms with Crippen molar-refractivity contribution in [3.05, 3.63) is 70.8 Å². The topological polar surface area (TPSA) is 129 Å². The number of nitro groups is 1. The van der Waals surface area contributed by atoms with Crippen LogP contribution in [0.5, 0.6) is 5.75 Å². The normalized spacial score (nSPS) is 11.1. The average Bonchev–Trinajstić information content (AvgIpc) is 3.15. The second-order valence-corrected chi connectivity index (χ2v) is 7.13. The van der Waals surface area contributed by atoms with Crippen LogP contribution in [0.1, 0.15) is 5.56 Å². The lowest BCUT2D eigenvalue weighted by Crippen LogP contribution is -2.15. The fourth-order valence-corrected chi connectivity index (χ4v) is 3.55. The van der Waals surface area contributed by atoms with E-state index >= 15 is 0 Å². The Balaban J connectivity index is 1.94. The van der Waals surface area contributed by atoms with Crippen LogP contribution >= 0.6 is 0 Å². The van der Waals surface area contributed by atoms with E-state index in [1.807, 2.05) is 0 Å². The number of rotatable bonds is 7. The molecule has 10 nitrogen and oxygen atoms in total. The standard InChI is InChI=1S/C16H15N5O5S/c1-26-16-7-6-13(8-15(16)21(22)23)27(24,25)19-14-5-3-2-4-12(14)9-20-11-17-10-18-20/h2-8,10-11,19H,9H2,1H3. The number of methoxy groups -OCH3 is 1. The summed E-state index contributed by atoms with van der Waals surface area (Å²) in [5.74, 6) is -0.0227. The minimum atomic E-state index is -4.05. The number of ether oxygens (including phenoxy) is 1. The number of nitrogens with one attached hydrogen (secondary N) is 1. The van der Waals surface area contributed by atoms with Crippen molar-refractivity contribution in [2.24, 2.45) is 0 Å². The molecular weight excluding hydrogens is 374 g/mol. The predicted octanol–water partition coefficient (Wildman–Crippen LogP) is 2.04. The molecule has 0 aliphatic heterocycles. The largest absolute Gasteiger partial charge is 0.490 e. The molecule has 0 radical (unpaired) electrons. The van der Waals surface area contributed by atoms with Crippen molar-refractivity contribution in [1.82, 2.24) is 14.8 Å². The molecule has 2 aromatic carbocycles. The van der Waals surface area contributed by atoms with Gasteiger partial charge in [0.25, 0.3) is 10.0 Å². The van der Waals surface area contributed by atoms with Gasteiger partial charge in [-0.3, -0.25) is 14.8 Å². The van der Waals surface area contributed by atoms with Gasteiger partial charge in [-0.1, -0.05) is 18.2 Å². The van der Waals surface area contributed by atoms with Gasteiger partial charge in [0.05, 0.1) is 29.2 Å². The van der Waals surface area contributed by atoms with E-state index in [1.54, 1.807) is 28.9 Å². The highest BCUT2D eigenvalue weighted by molar-refractivity contribution is 7.92. The summed E-state index contributed by atoms with van der Waals surface area (Å²) in [5, 5.41) is 15.1. The number of hydrogen-bond donors (Lipinski definition) is 1. The number of anilines is 1. The number of aromatic nitrogens is 3. The Morgan fingerprint density at radius 2 is 2.04 bits per heavy atom. The zero-order valence-corrected chi connectivity index (χ0v) is 15.0. The summed E-state index contributed by atoms with van der Waals surface area (Å²) >= 11 is 0. The molecule has 0 saturated heterocycles. The fraction of sp³-hybridized carbons (Fsp3) is 0.125. The van der Waals surface area contributed by atoms with E-state index in [-0.39, 0.29) is 10.6 Å². The second kappa shape index (κ2) is 7.41. The van der Waals surface area contributed by atoms with Crippen molar-refractivity contribution in [2.45, 2.75) is 11.4 Å². The van der Waals surface area contributed by atoms with Crippen LogP contribution in [0, 0.1) is 10.1 Å². The van der Waals surface area contributed by atoms with Crippen LogP contribution in [0.4, 0.5) is 11.4 Å². The van der Waals surface area contributed by atoms with Gasteiger partial charge >= 0.3 is 5.69 Å².